The number of rotatable bonds is 5. The molecule has 0 aliphatic carbocycles. The average Bonchev–Trinajstić information content (AvgIpc) is 2.25. The normalized spacial score (nSPS) is 16.4. The van der Waals surface area contributed by atoms with Crippen LogP contribution < -0.4 is 5.73 Å². The topological polar surface area (TPSA) is 72.0 Å². The van der Waals surface area contributed by atoms with Crippen molar-refractivity contribution >= 4 is 11.8 Å². The lowest BCUT2D eigenvalue weighted by molar-refractivity contribution is 0.201. The van der Waals surface area contributed by atoms with Crippen molar-refractivity contribution in [3.63, 3.8) is 0 Å². The fourth-order valence-corrected chi connectivity index (χ4v) is 2.94. The third-order valence-electron chi connectivity index (χ3n) is 3.03. The zero-order valence-corrected chi connectivity index (χ0v) is 12.6. The second kappa shape index (κ2) is 5.99. The van der Waals surface area contributed by atoms with Crippen LogP contribution in [-0.2, 0) is 0 Å². The first-order valence-electron chi connectivity index (χ1n) is 6.13. The van der Waals surface area contributed by atoms with Crippen molar-refractivity contribution in [1.82, 2.24) is 9.97 Å². The zero-order chi connectivity index (χ0) is 13.9. The fraction of sp³-hybridized carbons (Fsp3) is 0.692. The molecule has 0 saturated heterocycles. The van der Waals surface area contributed by atoms with Crippen molar-refractivity contribution in [2.24, 2.45) is 5.73 Å². The Morgan fingerprint density at radius 1 is 1.28 bits per heavy atom. The second-order valence-electron chi connectivity index (χ2n) is 5.25. The quantitative estimate of drug-likeness (QED) is 0.632. The SMILES string of the molecule is Cc1nc(SC(C)CC(C)(N)CO)nc(C)c1C. The van der Waals surface area contributed by atoms with Gasteiger partial charge < -0.3 is 10.8 Å². The lowest BCUT2D eigenvalue weighted by atomic mass is 9.99. The van der Waals surface area contributed by atoms with Crippen molar-refractivity contribution in [1.29, 1.82) is 0 Å². The molecule has 1 aromatic rings. The predicted octanol–water partition coefficient (Wildman–Crippen LogP) is 1.98. The van der Waals surface area contributed by atoms with E-state index >= 15 is 0 Å². The molecule has 4 nitrogen and oxygen atoms in total. The molecule has 0 aliphatic rings. The number of hydrogen-bond donors (Lipinski definition) is 2. The molecule has 2 atom stereocenters. The van der Waals surface area contributed by atoms with Gasteiger partial charge in [-0.05, 0) is 39.7 Å². The summed E-state index contributed by atoms with van der Waals surface area (Å²) in [5.74, 6) is 0. The Morgan fingerprint density at radius 2 is 1.78 bits per heavy atom. The van der Waals surface area contributed by atoms with E-state index in [0.29, 0.717) is 0 Å². The molecular formula is C13H23N3OS. The summed E-state index contributed by atoms with van der Waals surface area (Å²) in [6.07, 6.45) is 0.726. The van der Waals surface area contributed by atoms with Crippen LogP contribution in [-0.4, -0.2) is 32.5 Å². The summed E-state index contributed by atoms with van der Waals surface area (Å²) >= 11 is 1.61. The van der Waals surface area contributed by atoms with Gasteiger partial charge in [-0.3, -0.25) is 0 Å². The van der Waals surface area contributed by atoms with Crippen molar-refractivity contribution < 1.29 is 5.11 Å². The van der Waals surface area contributed by atoms with Crippen LogP contribution in [0.15, 0.2) is 5.16 Å². The van der Waals surface area contributed by atoms with E-state index in [2.05, 4.69) is 16.9 Å². The maximum absolute atomic E-state index is 9.17. The van der Waals surface area contributed by atoms with E-state index in [-0.39, 0.29) is 11.9 Å². The second-order valence-corrected chi connectivity index (χ2v) is 6.65. The van der Waals surface area contributed by atoms with Gasteiger partial charge in [-0.25, -0.2) is 9.97 Å². The smallest absolute Gasteiger partial charge is 0.188 e. The monoisotopic (exact) mass is 269 g/mol. The van der Waals surface area contributed by atoms with E-state index in [0.717, 1.165) is 28.5 Å². The Labute approximate surface area is 113 Å². The standard InChI is InChI=1S/C13H23N3OS/c1-8(6-13(5,14)7-17)18-12-15-10(3)9(2)11(4)16-12/h8,17H,6-7,14H2,1-5H3. The van der Waals surface area contributed by atoms with Gasteiger partial charge in [0.1, 0.15) is 0 Å². The number of thioether (sulfide) groups is 1. The zero-order valence-electron chi connectivity index (χ0n) is 11.8. The molecule has 0 saturated carbocycles. The predicted molar refractivity (Wildman–Crippen MR) is 75.9 cm³/mol. The van der Waals surface area contributed by atoms with E-state index in [1.165, 1.54) is 0 Å². The highest BCUT2D eigenvalue weighted by molar-refractivity contribution is 7.99. The molecule has 0 fully saturated rings. The Kier molecular flexibility index (Phi) is 5.13. The van der Waals surface area contributed by atoms with Gasteiger partial charge in [0.15, 0.2) is 5.16 Å². The van der Waals surface area contributed by atoms with Crippen molar-refractivity contribution in [2.75, 3.05) is 6.61 Å². The van der Waals surface area contributed by atoms with Gasteiger partial charge in [0.25, 0.3) is 0 Å². The molecule has 0 bridgehead atoms. The number of nitrogens with two attached hydrogens (primary N) is 1. The first-order chi connectivity index (χ1) is 8.25. The van der Waals surface area contributed by atoms with E-state index in [4.69, 9.17) is 10.8 Å². The van der Waals surface area contributed by atoms with Crippen LogP contribution in [0.2, 0.25) is 0 Å². The Hall–Kier alpha value is -0.650. The van der Waals surface area contributed by atoms with Gasteiger partial charge in [0.2, 0.25) is 0 Å². The number of aliphatic hydroxyl groups excluding tert-OH is 1. The molecule has 0 radical (unpaired) electrons. The van der Waals surface area contributed by atoms with Crippen molar-refractivity contribution in [3.05, 3.63) is 17.0 Å². The highest BCUT2D eigenvalue weighted by Gasteiger charge is 2.22. The summed E-state index contributed by atoms with van der Waals surface area (Å²) in [6.45, 7) is 9.96. The van der Waals surface area contributed by atoms with Gasteiger partial charge in [-0.15, -0.1) is 0 Å². The molecule has 1 rings (SSSR count). The summed E-state index contributed by atoms with van der Waals surface area (Å²) in [4.78, 5) is 8.96. The number of aliphatic hydroxyl groups is 1. The highest BCUT2D eigenvalue weighted by Crippen LogP contribution is 2.26. The molecule has 1 aromatic heterocycles. The van der Waals surface area contributed by atoms with Crippen molar-refractivity contribution in [2.45, 2.75) is 57.0 Å². The Bertz CT molecular complexity index is 398. The van der Waals surface area contributed by atoms with Crippen LogP contribution in [0.3, 0.4) is 0 Å². The van der Waals surface area contributed by atoms with Gasteiger partial charge >= 0.3 is 0 Å². The fourth-order valence-electron chi connectivity index (χ4n) is 1.74. The Balaban J connectivity index is 2.74. The minimum Gasteiger partial charge on any atom is -0.394 e. The van der Waals surface area contributed by atoms with Gasteiger partial charge in [-0.2, -0.15) is 0 Å². The lowest BCUT2D eigenvalue weighted by Gasteiger charge is -2.25. The summed E-state index contributed by atoms with van der Waals surface area (Å²) < 4.78 is 0. The third-order valence-corrected chi connectivity index (χ3v) is 4.00. The number of hydrogen-bond acceptors (Lipinski definition) is 5. The van der Waals surface area contributed by atoms with Gasteiger partial charge in [0, 0.05) is 22.2 Å². The maximum Gasteiger partial charge on any atom is 0.188 e. The van der Waals surface area contributed by atoms with Crippen molar-refractivity contribution in [3.8, 4) is 0 Å². The minimum absolute atomic E-state index is 0.00922. The molecule has 0 aliphatic heterocycles. The Morgan fingerprint density at radius 3 is 2.22 bits per heavy atom. The van der Waals surface area contributed by atoms with Crippen LogP contribution in [0.4, 0.5) is 0 Å². The average molecular weight is 269 g/mol. The molecule has 18 heavy (non-hydrogen) atoms. The molecular weight excluding hydrogens is 246 g/mol. The summed E-state index contributed by atoms with van der Waals surface area (Å²) in [5.41, 5.74) is 8.60. The molecule has 0 spiro atoms. The maximum atomic E-state index is 9.17. The van der Waals surface area contributed by atoms with Crippen LogP contribution in [0.1, 0.15) is 37.2 Å². The number of nitrogens with zero attached hydrogens (tertiary/aromatic N) is 2. The number of aryl methyl sites for hydroxylation is 2. The molecule has 2 unspecified atom stereocenters. The molecule has 5 heteroatoms. The third kappa shape index (κ3) is 4.23. The number of aromatic nitrogens is 2. The van der Waals surface area contributed by atoms with Gasteiger partial charge in [0.05, 0.1) is 6.61 Å². The summed E-state index contributed by atoms with van der Waals surface area (Å²) in [5, 5.41) is 10.2. The van der Waals surface area contributed by atoms with Crippen LogP contribution >= 0.6 is 11.8 Å². The lowest BCUT2D eigenvalue weighted by Crippen LogP contribution is -2.42. The first-order valence-corrected chi connectivity index (χ1v) is 7.01. The minimum atomic E-state index is -0.540. The summed E-state index contributed by atoms with van der Waals surface area (Å²) in [7, 11) is 0. The van der Waals surface area contributed by atoms with Gasteiger partial charge in [-0.1, -0.05) is 18.7 Å². The highest BCUT2D eigenvalue weighted by atomic mass is 32.2. The van der Waals surface area contributed by atoms with Crippen LogP contribution in [0.5, 0.6) is 0 Å². The summed E-state index contributed by atoms with van der Waals surface area (Å²) in [6, 6.07) is 0. The molecule has 3 N–H and O–H groups in total. The molecule has 102 valence electrons. The van der Waals surface area contributed by atoms with E-state index in [9.17, 15) is 0 Å². The first kappa shape index (κ1) is 15.4. The molecule has 0 amide bonds. The van der Waals surface area contributed by atoms with Crippen LogP contribution in [0.25, 0.3) is 0 Å². The molecule has 1 heterocycles. The van der Waals surface area contributed by atoms with Crippen LogP contribution in [0, 0.1) is 20.8 Å². The largest absolute Gasteiger partial charge is 0.394 e. The van der Waals surface area contributed by atoms with E-state index in [1.54, 1.807) is 11.8 Å². The van der Waals surface area contributed by atoms with E-state index in [1.807, 2.05) is 27.7 Å². The van der Waals surface area contributed by atoms with E-state index < -0.39 is 5.54 Å². The molecule has 0 aromatic carbocycles.